The maximum atomic E-state index is 12.2. The van der Waals surface area contributed by atoms with Crippen molar-refractivity contribution >= 4 is 17.2 Å². The Labute approximate surface area is 116 Å². The Hall–Kier alpha value is -1.14. The zero-order chi connectivity index (χ0) is 13.5. The van der Waals surface area contributed by atoms with Crippen LogP contribution in [-0.4, -0.2) is 52.9 Å². The number of hydrogen-bond donors (Lipinski definition) is 1. The fourth-order valence-corrected chi connectivity index (χ4v) is 3.94. The Bertz CT molecular complexity index is 528. The second-order valence-corrected chi connectivity index (χ2v) is 6.45. The molecule has 0 radical (unpaired) electrons. The summed E-state index contributed by atoms with van der Waals surface area (Å²) in [4.78, 5) is 30.1. The van der Waals surface area contributed by atoms with Crippen LogP contribution in [0.3, 0.4) is 0 Å². The number of amides is 1. The monoisotopic (exact) mass is 281 g/mol. The zero-order valence-electron chi connectivity index (χ0n) is 11.1. The minimum Gasteiger partial charge on any atom is -0.337 e. The number of carbonyl (C=O) groups is 1. The van der Waals surface area contributed by atoms with Gasteiger partial charge in [0.2, 0.25) is 0 Å². The highest BCUT2D eigenvalue weighted by molar-refractivity contribution is 7.07. The topological polar surface area (TPSA) is 56.4 Å². The first kappa shape index (κ1) is 12.9. The first-order valence-corrected chi connectivity index (χ1v) is 7.67. The Morgan fingerprint density at radius 2 is 2.05 bits per heavy atom. The molecule has 3 heterocycles. The molecule has 104 valence electrons. The molecule has 0 atom stereocenters. The summed E-state index contributed by atoms with van der Waals surface area (Å²) in [6, 6.07) is 0. The third-order valence-electron chi connectivity index (χ3n) is 4.68. The van der Waals surface area contributed by atoms with Crippen LogP contribution in [0.5, 0.6) is 0 Å². The summed E-state index contributed by atoms with van der Waals surface area (Å²) < 4.78 is 0. The van der Waals surface area contributed by atoms with Gasteiger partial charge in [-0.15, -0.1) is 0 Å². The highest BCUT2D eigenvalue weighted by Gasteiger charge is 2.41. The summed E-state index contributed by atoms with van der Waals surface area (Å²) in [5.41, 5.74) is 0.754. The first-order valence-electron chi connectivity index (χ1n) is 6.79. The van der Waals surface area contributed by atoms with Gasteiger partial charge in [0.1, 0.15) is 5.69 Å². The molecule has 1 aromatic rings. The molecule has 2 aliphatic rings. The largest absolute Gasteiger partial charge is 0.337 e. The van der Waals surface area contributed by atoms with Gasteiger partial charge in [0.25, 0.3) is 5.91 Å². The molecule has 1 N–H and O–H groups in total. The molecule has 5 nitrogen and oxygen atoms in total. The fraction of sp³-hybridized carbons (Fsp3) is 0.692. The van der Waals surface area contributed by atoms with Gasteiger partial charge >= 0.3 is 4.87 Å². The molecule has 1 aromatic heterocycles. The molecule has 19 heavy (non-hydrogen) atoms. The van der Waals surface area contributed by atoms with E-state index in [-0.39, 0.29) is 10.8 Å². The van der Waals surface area contributed by atoms with Crippen LogP contribution >= 0.6 is 11.3 Å². The third-order valence-corrected chi connectivity index (χ3v) is 5.35. The van der Waals surface area contributed by atoms with Gasteiger partial charge in [0.15, 0.2) is 0 Å². The highest BCUT2D eigenvalue weighted by atomic mass is 32.1. The molecule has 2 fully saturated rings. The van der Waals surface area contributed by atoms with E-state index in [1.165, 1.54) is 19.4 Å². The van der Waals surface area contributed by atoms with Crippen LogP contribution in [0.2, 0.25) is 0 Å². The van der Waals surface area contributed by atoms with Crippen LogP contribution < -0.4 is 4.87 Å². The van der Waals surface area contributed by atoms with Crippen molar-refractivity contribution in [2.75, 3.05) is 26.7 Å². The Kier molecular flexibility index (Phi) is 3.22. The number of rotatable bonds is 1. The van der Waals surface area contributed by atoms with Gasteiger partial charge in [0.05, 0.1) is 0 Å². The normalized spacial score (nSPS) is 23.1. The van der Waals surface area contributed by atoms with E-state index in [1.54, 1.807) is 5.38 Å². The molecule has 6 heteroatoms. The predicted molar refractivity (Wildman–Crippen MR) is 74.7 cm³/mol. The Balaban J connectivity index is 1.67. The van der Waals surface area contributed by atoms with E-state index in [4.69, 9.17) is 0 Å². The summed E-state index contributed by atoms with van der Waals surface area (Å²) in [5, 5.41) is 1.62. The lowest BCUT2D eigenvalue weighted by atomic mass is 9.85. The molecule has 0 aromatic carbocycles. The average molecular weight is 281 g/mol. The van der Waals surface area contributed by atoms with Crippen LogP contribution in [0.4, 0.5) is 0 Å². The van der Waals surface area contributed by atoms with Crippen molar-refractivity contribution in [3.63, 3.8) is 0 Å². The third kappa shape index (κ3) is 2.23. The van der Waals surface area contributed by atoms with E-state index >= 15 is 0 Å². The van der Waals surface area contributed by atoms with Crippen molar-refractivity contribution in [2.24, 2.45) is 0 Å². The van der Waals surface area contributed by atoms with Gasteiger partial charge in [-0.05, 0) is 39.3 Å². The van der Waals surface area contributed by atoms with Crippen molar-refractivity contribution < 1.29 is 4.79 Å². The standard InChI is InChI=1S/C13H19N3O2S/c1-15-6-2-3-13(15)4-7-16(8-5-13)11(17)10-9-19-12(18)14-10/h9H,2-8H2,1H3,(H,14,18). The number of likely N-dealkylation sites (tertiary alicyclic amines) is 2. The molecule has 0 unspecified atom stereocenters. The maximum Gasteiger partial charge on any atom is 0.305 e. The number of nitrogens with zero attached hydrogens (tertiary/aromatic N) is 2. The molecule has 1 amide bonds. The number of hydrogen-bond acceptors (Lipinski definition) is 4. The number of thiazole rings is 1. The smallest absolute Gasteiger partial charge is 0.305 e. The van der Waals surface area contributed by atoms with Crippen molar-refractivity contribution in [2.45, 2.75) is 31.2 Å². The fourth-order valence-electron chi connectivity index (χ4n) is 3.39. The first-order chi connectivity index (χ1) is 9.11. The number of carbonyl (C=O) groups excluding carboxylic acids is 1. The molecule has 3 rings (SSSR count). The molecule has 2 saturated heterocycles. The van der Waals surface area contributed by atoms with Gasteiger partial charge in [-0.1, -0.05) is 11.3 Å². The minimum absolute atomic E-state index is 0.0335. The number of piperidine rings is 1. The highest BCUT2D eigenvalue weighted by Crippen LogP contribution is 2.37. The molecule has 2 aliphatic heterocycles. The van der Waals surface area contributed by atoms with E-state index in [2.05, 4.69) is 16.9 Å². The van der Waals surface area contributed by atoms with Crippen molar-refractivity contribution in [1.29, 1.82) is 0 Å². The van der Waals surface area contributed by atoms with E-state index in [0.29, 0.717) is 11.2 Å². The second kappa shape index (κ2) is 4.76. The molecule has 1 spiro atoms. The van der Waals surface area contributed by atoms with Gasteiger partial charge in [-0.2, -0.15) is 0 Å². The minimum atomic E-state index is -0.160. The molecule has 0 aliphatic carbocycles. The van der Waals surface area contributed by atoms with E-state index in [9.17, 15) is 9.59 Å². The van der Waals surface area contributed by atoms with Gasteiger partial charge in [0, 0.05) is 24.0 Å². The quantitative estimate of drug-likeness (QED) is 0.840. The van der Waals surface area contributed by atoms with Crippen LogP contribution in [0.25, 0.3) is 0 Å². The summed E-state index contributed by atoms with van der Waals surface area (Å²) in [6.07, 6.45) is 4.61. The van der Waals surface area contributed by atoms with Gasteiger partial charge in [-0.25, -0.2) is 0 Å². The number of nitrogens with one attached hydrogen (secondary N) is 1. The lowest BCUT2D eigenvalue weighted by molar-refractivity contribution is 0.0488. The molecular formula is C13H19N3O2S. The van der Waals surface area contributed by atoms with E-state index in [1.807, 2.05) is 4.90 Å². The van der Waals surface area contributed by atoms with Gasteiger partial charge < -0.3 is 14.8 Å². The average Bonchev–Trinajstić information content (AvgIpc) is 2.98. The summed E-state index contributed by atoms with van der Waals surface area (Å²) >= 11 is 1.05. The molecule has 0 bridgehead atoms. The number of aromatic nitrogens is 1. The lowest BCUT2D eigenvalue weighted by Gasteiger charge is -2.43. The van der Waals surface area contributed by atoms with Crippen molar-refractivity contribution in [3.05, 3.63) is 20.7 Å². The Morgan fingerprint density at radius 1 is 1.32 bits per heavy atom. The summed E-state index contributed by atoms with van der Waals surface area (Å²) in [5.74, 6) is -0.0335. The van der Waals surface area contributed by atoms with E-state index in [0.717, 1.165) is 37.3 Å². The maximum absolute atomic E-state index is 12.2. The molecule has 0 saturated carbocycles. The predicted octanol–water partition coefficient (Wildman–Crippen LogP) is 1.14. The number of H-pyrrole nitrogens is 1. The second-order valence-electron chi connectivity index (χ2n) is 5.60. The summed E-state index contributed by atoms with van der Waals surface area (Å²) in [6.45, 7) is 2.76. The van der Waals surface area contributed by atoms with Crippen LogP contribution in [0.15, 0.2) is 10.2 Å². The summed E-state index contributed by atoms with van der Waals surface area (Å²) in [7, 11) is 2.20. The van der Waals surface area contributed by atoms with E-state index < -0.39 is 0 Å². The van der Waals surface area contributed by atoms with Crippen LogP contribution in [-0.2, 0) is 0 Å². The van der Waals surface area contributed by atoms with Crippen LogP contribution in [0.1, 0.15) is 36.2 Å². The van der Waals surface area contributed by atoms with Gasteiger partial charge in [-0.3, -0.25) is 9.59 Å². The van der Waals surface area contributed by atoms with Crippen molar-refractivity contribution in [3.8, 4) is 0 Å². The number of aromatic amines is 1. The zero-order valence-corrected chi connectivity index (χ0v) is 12.0. The lowest BCUT2D eigenvalue weighted by Crippen LogP contribution is -2.52. The SMILES string of the molecule is CN1CCCC12CCN(C(=O)c1csc(=O)[nH]1)CC2. The molecular weight excluding hydrogens is 262 g/mol. The Morgan fingerprint density at radius 3 is 2.58 bits per heavy atom. The van der Waals surface area contributed by atoms with Crippen LogP contribution in [0, 0.1) is 0 Å². The van der Waals surface area contributed by atoms with Crippen molar-refractivity contribution in [1.82, 2.24) is 14.8 Å².